The van der Waals surface area contributed by atoms with Crippen molar-refractivity contribution in [1.82, 2.24) is 5.32 Å². The molecule has 0 aromatic rings. The largest absolute Gasteiger partial charge is 0.388 e. The van der Waals surface area contributed by atoms with Crippen molar-refractivity contribution in [2.75, 3.05) is 13.2 Å². The number of hydrogen-bond donors (Lipinski definition) is 2. The first-order valence-electron chi connectivity index (χ1n) is 6.68. The van der Waals surface area contributed by atoms with Crippen molar-refractivity contribution in [3.8, 4) is 0 Å². The number of hydrogen-bond acceptors (Lipinski definition) is 3. The Hall–Kier alpha value is -0.120. The molecule has 0 saturated carbocycles. The van der Waals surface area contributed by atoms with Gasteiger partial charge in [-0.3, -0.25) is 0 Å². The van der Waals surface area contributed by atoms with Gasteiger partial charge in [-0.25, -0.2) is 0 Å². The fraction of sp³-hybridized carbons (Fsp3) is 1.00. The Balaban J connectivity index is 2.05. The van der Waals surface area contributed by atoms with Crippen LogP contribution in [0.1, 0.15) is 52.4 Å². The van der Waals surface area contributed by atoms with Crippen LogP contribution in [0.2, 0.25) is 0 Å². The molecule has 0 spiro atoms. The molecule has 2 fully saturated rings. The molecular weight excluding hydrogens is 202 g/mol. The molecule has 2 saturated heterocycles. The van der Waals surface area contributed by atoms with Crippen molar-refractivity contribution in [1.29, 1.82) is 0 Å². The molecule has 2 heterocycles. The van der Waals surface area contributed by atoms with Crippen molar-refractivity contribution >= 4 is 0 Å². The summed E-state index contributed by atoms with van der Waals surface area (Å²) in [4.78, 5) is 0. The van der Waals surface area contributed by atoms with Gasteiger partial charge in [-0.1, -0.05) is 13.3 Å². The van der Waals surface area contributed by atoms with E-state index in [9.17, 15) is 5.11 Å². The minimum Gasteiger partial charge on any atom is -0.388 e. The van der Waals surface area contributed by atoms with Gasteiger partial charge in [0.15, 0.2) is 0 Å². The van der Waals surface area contributed by atoms with E-state index in [0.717, 1.165) is 32.2 Å². The first-order chi connectivity index (χ1) is 7.58. The molecule has 0 aromatic heterocycles. The zero-order valence-electron chi connectivity index (χ0n) is 10.6. The van der Waals surface area contributed by atoms with E-state index in [1.165, 1.54) is 12.8 Å². The highest BCUT2D eigenvalue weighted by molar-refractivity contribution is 5.00. The molecule has 2 N–H and O–H groups in total. The fourth-order valence-electron chi connectivity index (χ4n) is 3.10. The van der Waals surface area contributed by atoms with Crippen molar-refractivity contribution in [3.05, 3.63) is 0 Å². The van der Waals surface area contributed by atoms with Crippen molar-refractivity contribution in [3.63, 3.8) is 0 Å². The third-order valence-electron chi connectivity index (χ3n) is 4.37. The van der Waals surface area contributed by atoms with E-state index in [1.807, 2.05) is 0 Å². The fourth-order valence-corrected chi connectivity index (χ4v) is 3.10. The summed E-state index contributed by atoms with van der Waals surface area (Å²) in [5.74, 6) is 0. The van der Waals surface area contributed by atoms with Crippen LogP contribution in [0.3, 0.4) is 0 Å². The van der Waals surface area contributed by atoms with Gasteiger partial charge < -0.3 is 15.2 Å². The van der Waals surface area contributed by atoms with Crippen LogP contribution in [0.5, 0.6) is 0 Å². The first kappa shape index (κ1) is 12.3. The second kappa shape index (κ2) is 4.63. The highest BCUT2D eigenvalue weighted by atomic mass is 16.5. The quantitative estimate of drug-likeness (QED) is 0.756. The summed E-state index contributed by atoms with van der Waals surface area (Å²) in [6.45, 7) is 6.01. The van der Waals surface area contributed by atoms with Crippen molar-refractivity contribution < 1.29 is 9.84 Å². The summed E-state index contributed by atoms with van der Waals surface area (Å²) in [6.07, 6.45) is 6.12. The van der Waals surface area contributed by atoms with Gasteiger partial charge in [0.2, 0.25) is 0 Å². The van der Waals surface area contributed by atoms with E-state index < -0.39 is 5.60 Å². The predicted molar refractivity (Wildman–Crippen MR) is 64.5 cm³/mol. The number of aliphatic hydroxyl groups is 1. The van der Waals surface area contributed by atoms with Gasteiger partial charge in [0.25, 0.3) is 0 Å². The number of piperidine rings is 1. The maximum Gasteiger partial charge on any atom is 0.0849 e. The molecule has 3 nitrogen and oxygen atoms in total. The lowest BCUT2D eigenvalue weighted by Gasteiger charge is -2.48. The van der Waals surface area contributed by atoms with Crippen LogP contribution >= 0.6 is 0 Å². The molecular formula is C13H25NO2. The average Bonchev–Trinajstić information content (AvgIpc) is 2.30. The van der Waals surface area contributed by atoms with Crippen LogP contribution in [0.25, 0.3) is 0 Å². The molecule has 0 aliphatic carbocycles. The van der Waals surface area contributed by atoms with Gasteiger partial charge >= 0.3 is 0 Å². The van der Waals surface area contributed by atoms with Gasteiger partial charge in [0, 0.05) is 18.9 Å². The molecule has 94 valence electrons. The minimum absolute atomic E-state index is 0.133. The first-order valence-corrected chi connectivity index (χ1v) is 6.68. The lowest BCUT2D eigenvalue weighted by molar-refractivity contribution is -0.167. The molecule has 0 bridgehead atoms. The molecule has 3 heteroatoms. The number of rotatable bonds is 2. The van der Waals surface area contributed by atoms with Gasteiger partial charge in [-0.15, -0.1) is 0 Å². The van der Waals surface area contributed by atoms with Gasteiger partial charge in [0.05, 0.1) is 17.8 Å². The second-order valence-corrected chi connectivity index (χ2v) is 5.68. The van der Waals surface area contributed by atoms with Gasteiger partial charge in [0.1, 0.15) is 0 Å². The topological polar surface area (TPSA) is 41.5 Å². The summed E-state index contributed by atoms with van der Waals surface area (Å²) in [5.41, 5.74) is -0.685. The van der Waals surface area contributed by atoms with Crippen LogP contribution in [0, 0.1) is 0 Å². The van der Waals surface area contributed by atoms with Gasteiger partial charge in [-0.2, -0.15) is 0 Å². The maximum atomic E-state index is 10.8. The molecule has 3 atom stereocenters. The highest BCUT2D eigenvalue weighted by Crippen LogP contribution is 2.38. The lowest BCUT2D eigenvalue weighted by atomic mass is 9.75. The average molecular weight is 227 g/mol. The summed E-state index contributed by atoms with van der Waals surface area (Å²) in [7, 11) is 0. The Morgan fingerprint density at radius 1 is 1.44 bits per heavy atom. The predicted octanol–water partition coefficient (Wildman–Crippen LogP) is 1.84. The Morgan fingerprint density at radius 3 is 2.88 bits per heavy atom. The molecule has 3 unspecified atom stereocenters. The zero-order valence-corrected chi connectivity index (χ0v) is 10.6. The Bertz CT molecular complexity index is 240. The highest BCUT2D eigenvalue weighted by Gasteiger charge is 2.46. The summed E-state index contributed by atoms with van der Waals surface area (Å²) in [6, 6.07) is 0.274. The van der Waals surface area contributed by atoms with Crippen molar-refractivity contribution in [2.45, 2.75) is 69.6 Å². The smallest absolute Gasteiger partial charge is 0.0849 e. The molecule has 2 aliphatic heterocycles. The molecule has 2 aliphatic rings. The molecule has 0 amide bonds. The normalized spacial score (nSPS) is 45.6. The lowest BCUT2D eigenvalue weighted by Crippen LogP contribution is -2.59. The van der Waals surface area contributed by atoms with E-state index >= 15 is 0 Å². The van der Waals surface area contributed by atoms with E-state index in [1.54, 1.807) is 0 Å². The van der Waals surface area contributed by atoms with Crippen molar-refractivity contribution in [2.24, 2.45) is 0 Å². The van der Waals surface area contributed by atoms with E-state index in [4.69, 9.17) is 4.74 Å². The number of ether oxygens (including phenoxy) is 1. The van der Waals surface area contributed by atoms with E-state index in [2.05, 4.69) is 19.2 Å². The third kappa shape index (κ3) is 2.41. The summed E-state index contributed by atoms with van der Waals surface area (Å²) < 4.78 is 5.81. The van der Waals surface area contributed by atoms with Crippen LogP contribution < -0.4 is 5.32 Å². The molecule has 16 heavy (non-hydrogen) atoms. The Kier molecular flexibility index (Phi) is 3.57. The van der Waals surface area contributed by atoms with E-state index in [-0.39, 0.29) is 11.6 Å². The molecule has 2 rings (SSSR count). The molecule has 0 radical (unpaired) electrons. The Morgan fingerprint density at radius 2 is 2.25 bits per heavy atom. The van der Waals surface area contributed by atoms with Gasteiger partial charge in [-0.05, 0) is 32.7 Å². The molecule has 0 aromatic carbocycles. The summed E-state index contributed by atoms with van der Waals surface area (Å²) >= 11 is 0. The standard InChI is InChI=1S/C13H25NO2/c1-3-12(2)10-13(15,7-9-16-12)11-6-4-5-8-14-11/h11,14-15H,3-10H2,1-2H3. The monoisotopic (exact) mass is 227 g/mol. The minimum atomic E-state index is -0.552. The van der Waals surface area contributed by atoms with Crippen LogP contribution in [0.4, 0.5) is 0 Å². The van der Waals surface area contributed by atoms with Crippen LogP contribution in [-0.4, -0.2) is 35.5 Å². The summed E-state index contributed by atoms with van der Waals surface area (Å²) in [5, 5.41) is 14.3. The Labute approximate surface area is 98.6 Å². The number of nitrogens with one attached hydrogen (secondary N) is 1. The third-order valence-corrected chi connectivity index (χ3v) is 4.37. The SMILES string of the molecule is CCC1(C)CC(O)(C2CCCCN2)CCO1. The maximum absolute atomic E-state index is 10.8. The van der Waals surface area contributed by atoms with Crippen LogP contribution in [0.15, 0.2) is 0 Å². The second-order valence-electron chi connectivity index (χ2n) is 5.68. The van der Waals surface area contributed by atoms with Crippen LogP contribution in [-0.2, 0) is 4.74 Å². The van der Waals surface area contributed by atoms with E-state index in [0.29, 0.717) is 6.61 Å². The zero-order chi connectivity index (χ0) is 11.6.